The van der Waals surface area contributed by atoms with Crippen molar-refractivity contribution in [2.75, 3.05) is 0 Å². The van der Waals surface area contributed by atoms with Crippen LogP contribution in [0.5, 0.6) is 5.75 Å². The Morgan fingerprint density at radius 3 is 1.60 bits per heavy atom. The molecule has 0 unspecified atom stereocenters. The van der Waals surface area contributed by atoms with Crippen LogP contribution in [0.3, 0.4) is 0 Å². The summed E-state index contributed by atoms with van der Waals surface area (Å²) in [7, 11) is 0. The number of aromatic nitrogens is 1. The van der Waals surface area contributed by atoms with Crippen molar-refractivity contribution in [2.24, 2.45) is 0 Å². The molecule has 1 N–H and O–H groups in total. The van der Waals surface area contributed by atoms with Gasteiger partial charge in [-0.05, 0) is 30.5 Å². The van der Waals surface area contributed by atoms with E-state index in [4.69, 9.17) is 0 Å². The topological polar surface area (TPSA) is 33.1 Å². The van der Waals surface area contributed by atoms with Crippen LogP contribution in [-0.2, 0) is 0 Å². The predicted molar refractivity (Wildman–Crippen MR) is 160 cm³/mol. The largest absolute Gasteiger partial charge is 0.507 e. The summed E-state index contributed by atoms with van der Waals surface area (Å²) in [6.07, 6.45) is 2.50. The van der Waals surface area contributed by atoms with E-state index in [2.05, 4.69) is 38.7 Å². The van der Waals surface area contributed by atoms with Gasteiger partial charge in [-0.25, -0.2) is 4.98 Å². The molecule has 0 atom stereocenters. The summed E-state index contributed by atoms with van der Waals surface area (Å²) in [4.78, 5) is 4.33. The average Bonchev–Trinajstić information content (AvgIpc) is 3.29. The maximum atomic E-state index is 9.37. The number of aromatic hydroxyl groups is 1. The fourth-order valence-corrected chi connectivity index (χ4v) is 3.41. The van der Waals surface area contributed by atoms with Gasteiger partial charge in [-0.3, -0.25) is 0 Å². The Kier molecular flexibility index (Phi) is 19.4. The van der Waals surface area contributed by atoms with E-state index in [1.807, 2.05) is 112 Å². The van der Waals surface area contributed by atoms with E-state index in [0.29, 0.717) is 5.75 Å². The number of nitrogens with zero attached hydrogens (tertiary/aromatic N) is 1. The molecule has 35 heavy (non-hydrogen) atoms. The number of para-hydroxylation sites is 1. The number of phenols is 1. The molecule has 0 spiro atoms. The number of thiazole rings is 1. The molecule has 2 nitrogen and oxygen atoms in total. The molecule has 0 radical (unpaired) electrons. The van der Waals surface area contributed by atoms with Crippen LogP contribution in [0.4, 0.5) is 0 Å². The first-order valence-electron chi connectivity index (χ1n) is 12.6. The van der Waals surface area contributed by atoms with Crippen LogP contribution in [0.15, 0.2) is 103 Å². The zero-order valence-electron chi connectivity index (χ0n) is 22.5. The molecule has 5 rings (SSSR count). The third-order valence-electron chi connectivity index (χ3n) is 3.83. The zero-order valence-corrected chi connectivity index (χ0v) is 23.3. The maximum absolute atomic E-state index is 9.37. The van der Waals surface area contributed by atoms with Crippen molar-refractivity contribution in [3.8, 4) is 5.75 Å². The van der Waals surface area contributed by atoms with E-state index in [9.17, 15) is 5.11 Å². The highest BCUT2D eigenvalue weighted by molar-refractivity contribution is 7.18. The van der Waals surface area contributed by atoms with Crippen molar-refractivity contribution in [3.05, 3.63) is 108 Å². The molecule has 0 saturated carbocycles. The third kappa shape index (κ3) is 14.0. The van der Waals surface area contributed by atoms with Crippen LogP contribution in [0.25, 0.3) is 21.0 Å². The Bertz CT molecular complexity index is 1070. The lowest BCUT2D eigenvalue weighted by molar-refractivity contribution is 0.481. The predicted octanol–water partition coefficient (Wildman–Crippen LogP) is 10.7. The highest BCUT2D eigenvalue weighted by atomic mass is 32.1. The normalized spacial score (nSPS) is 8.77. The molecule has 5 aromatic rings. The second kappa shape index (κ2) is 21.4. The Balaban J connectivity index is 0.000000443. The number of aryl methyl sites for hydroxylation is 1. The zero-order chi connectivity index (χ0) is 26.3. The molecule has 0 fully saturated rings. The van der Waals surface area contributed by atoms with Gasteiger partial charge in [0.2, 0.25) is 0 Å². The first-order valence-corrected chi connectivity index (χ1v) is 13.4. The average molecular weight is 490 g/mol. The van der Waals surface area contributed by atoms with Gasteiger partial charge in [0, 0.05) is 5.39 Å². The third-order valence-corrected chi connectivity index (χ3v) is 4.79. The molecule has 4 aromatic carbocycles. The summed E-state index contributed by atoms with van der Waals surface area (Å²) in [6, 6.07) is 33.5. The Morgan fingerprint density at radius 2 is 1.09 bits per heavy atom. The highest BCUT2D eigenvalue weighted by Gasteiger charge is 1.96. The lowest BCUT2D eigenvalue weighted by Crippen LogP contribution is -1.70. The molecule has 0 aliphatic rings. The van der Waals surface area contributed by atoms with E-state index in [0.717, 1.165) is 21.3 Å². The number of hydrogen-bond donors (Lipinski definition) is 1. The van der Waals surface area contributed by atoms with Gasteiger partial charge in [-0.1, -0.05) is 139 Å². The fraction of sp³-hybridized carbons (Fsp3) is 0.281. The van der Waals surface area contributed by atoms with Gasteiger partial charge in [-0.2, -0.15) is 0 Å². The van der Waals surface area contributed by atoms with Crippen LogP contribution in [0.1, 0.15) is 59.4 Å². The molecular weight excluding hydrogens is 446 g/mol. The summed E-state index contributed by atoms with van der Waals surface area (Å²) in [5, 5.41) is 12.5. The summed E-state index contributed by atoms with van der Waals surface area (Å²) in [5.74, 6) is 0.350. The van der Waals surface area contributed by atoms with Gasteiger partial charge in [0.25, 0.3) is 0 Å². The standard InChI is InChI=1S/C10H8O.C8H7NS.C6H6.2C3H8.C2H6/c11-10-7-3-5-8-4-1-2-6-9(8)10;1-6-9-7-4-2-3-5-8(7)10-6;1-2-4-6-5-3-1;2*1-3-2;1-2/h1-7,11H;2-5H,1H3;1-6H;2*3H2,1-2H3;1-2H3. The Labute approximate surface area is 217 Å². The van der Waals surface area contributed by atoms with E-state index in [1.54, 1.807) is 17.4 Å². The molecule has 3 heteroatoms. The van der Waals surface area contributed by atoms with Gasteiger partial charge in [0.1, 0.15) is 5.75 Å². The number of hydrogen-bond acceptors (Lipinski definition) is 3. The van der Waals surface area contributed by atoms with Crippen molar-refractivity contribution in [3.63, 3.8) is 0 Å². The van der Waals surface area contributed by atoms with Gasteiger partial charge < -0.3 is 5.11 Å². The van der Waals surface area contributed by atoms with Crippen LogP contribution >= 0.6 is 11.3 Å². The number of fused-ring (bicyclic) bond motifs is 2. The maximum Gasteiger partial charge on any atom is 0.123 e. The summed E-state index contributed by atoms with van der Waals surface area (Å²) < 4.78 is 1.28. The minimum atomic E-state index is 0.350. The highest BCUT2D eigenvalue weighted by Crippen LogP contribution is 2.23. The van der Waals surface area contributed by atoms with Crippen LogP contribution in [0.2, 0.25) is 0 Å². The first kappa shape index (κ1) is 31.8. The molecular formula is C32H43NOS. The second-order valence-corrected chi connectivity index (χ2v) is 8.50. The fourth-order valence-electron chi connectivity index (χ4n) is 2.58. The van der Waals surface area contributed by atoms with E-state index in [1.165, 1.54) is 17.5 Å². The van der Waals surface area contributed by atoms with Gasteiger partial charge >= 0.3 is 0 Å². The van der Waals surface area contributed by atoms with Crippen LogP contribution in [0, 0.1) is 6.92 Å². The van der Waals surface area contributed by atoms with E-state index in [-0.39, 0.29) is 0 Å². The first-order chi connectivity index (χ1) is 17.1. The quantitative estimate of drug-likeness (QED) is 0.235. The van der Waals surface area contributed by atoms with Crippen LogP contribution < -0.4 is 0 Å². The molecule has 0 bridgehead atoms. The summed E-state index contributed by atoms with van der Waals surface area (Å²) in [6.45, 7) is 14.5. The van der Waals surface area contributed by atoms with Crippen molar-refractivity contribution in [1.29, 1.82) is 0 Å². The lowest BCUT2D eigenvalue weighted by atomic mass is 10.1. The van der Waals surface area contributed by atoms with Gasteiger partial charge in [0.15, 0.2) is 0 Å². The summed E-state index contributed by atoms with van der Waals surface area (Å²) in [5.41, 5.74) is 1.12. The van der Waals surface area contributed by atoms with E-state index < -0.39 is 0 Å². The minimum Gasteiger partial charge on any atom is -0.507 e. The Hall–Kier alpha value is -3.17. The van der Waals surface area contributed by atoms with Crippen molar-refractivity contribution in [2.45, 2.75) is 61.3 Å². The van der Waals surface area contributed by atoms with Crippen molar-refractivity contribution in [1.82, 2.24) is 4.98 Å². The number of phenolic OH excluding ortho intramolecular Hbond substituents is 1. The van der Waals surface area contributed by atoms with Crippen molar-refractivity contribution < 1.29 is 5.11 Å². The van der Waals surface area contributed by atoms with Gasteiger partial charge in [-0.15, -0.1) is 11.3 Å². The monoisotopic (exact) mass is 489 g/mol. The van der Waals surface area contributed by atoms with Gasteiger partial charge in [0.05, 0.1) is 15.2 Å². The molecule has 0 saturated heterocycles. The summed E-state index contributed by atoms with van der Waals surface area (Å²) >= 11 is 1.74. The van der Waals surface area contributed by atoms with Crippen LogP contribution in [-0.4, -0.2) is 10.1 Å². The molecule has 188 valence electrons. The second-order valence-electron chi connectivity index (χ2n) is 7.27. The lowest BCUT2D eigenvalue weighted by Gasteiger charge is -1.97. The smallest absolute Gasteiger partial charge is 0.123 e. The minimum absolute atomic E-state index is 0.350. The molecule has 1 aromatic heterocycles. The van der Waals surface area contributed by atoms with Crippen molar-refractivity contribution >= 4 is 32.3 Å². The number of benzene rings is 4. The molecule has 0 aliphatic carbocycles. The molecule has 0 amide bonds. The molecule has 1 heterocycles. The SMILES string of the molecule is CC.CCC.CCC.Cc1nc2ccccc2s1.Oc1cccc2ccccc12.c1ccccc1. The van der Waals surface area contributed by atoms with E-state index >= 15 is 0 Å². The number of rotatable bonds is 0. The Morgan fingerprint density at radius 1 is 0.629 bits per heavy atom. The molecule has 0 aliphatic heterocycles.